The summed E-state index contributed by atoms with van der Waals surface area (Å²) in [6.45, 7) is 5.49. The lowest BCUT2D eigenvalue weighted by Gasteiger charge is -2.48. The maximum Gasteiger partial charge on any atom is 0.119 e. The van der Waals surface area contributed by atoms with Gasteiger partial charge in [0.2, 0.25) is 0 Å². The molecule has 1 heterocycles. The Hall–Kier alpha value is -1.06. The zero-order chi connectivity index (χ0) is 11.6. The van der Waals surface area contributed by atoms with Crippen molar-refractivity contribution < 1.29 is 4.74 Å². The number of ether oxygens (including phenoxy) is 1. The van der Waals surface area contributed by atoms with Gasteiger partial charge in [-0.3, -0.25) is 0 Å². The molecule has 0 amide bonds. The van der Waals surface area contributed by atoms with Crippen LogP contribution in [0.5, 0.6) is 5.75 Å². The van der Waals surface area contributed by atoms with Gasteiger partial charge in [0.1, 0.15) is 5.75 Å². The van der Waals surface area contributed by atoms with Crippen molar-refractivity contribution in [1.29, 1.82) is 0 Å². The number of rotatable bonds is 4. The first-order valence-corrected chi connectivity index (χ1v) is 5.82. The molecule has 0 radical (unpaired) electrons. The predicted molar refractivity (Wildman–Crippen MR) is 65.8 cm³/mol. The van der Waals surface area contributed by atoms with Gasteiger partial charge in [0.15, 0.2) is 0 Å². The van der Waals surface area contributed by atoms with Gasteiger partial charge in [0.25, 0.3) is 0 Å². The van der Waals surface area contributed by atoms with Gasteiger partial charge in [-0.05, 0) is 31.7 Å². The van der Waals surface area contributed by atoms with Gasteiger partial charge in [-0.25, -0.2) is 0 Å². The van der Waals surface area contributed by atoms with E-state index in [1.807, 2.05) is 13.0 Å². The van der Waals surface area contributed by atoms with Crippen LogP contribution in [0.1, 0.15) is 12.5 Å². The second-order valence-corrected chi connectivity index (χ2v) is 4.62. The number of likely N-dealkylation sites (N-methyl/N-ethyl adjacent to an activating group) is 1. The summed E-state index contributed by atoms with van der Waals surface area (Å²) < 4.78 is 5.53. The fourth-order valence-electron chi connectivity index (χ4n) is 2.50. The van der Waals surface area contributed by atoms with Crippen LogP contribution in [0.4, 0.5) is 0 Å². The molecule has 0 aliphatic carbocycles. The van der Waals surface area contributed by atoms with Crippen molar-refractivity contribution in [3.63, 3.8) is 0 Å². The van der Waals surface area contributed by atoms with Crippen molar-refractivity contribution in [3.8, 4) is 5.75 Å². The van der Waals surface area contributed by atoms with Crippen molar-refractivity contribution >= 4 is 0 Å². The summed E-state index contributed by atoms with van der Waals surface area (Å²) in [5.41, 5.74) is 7.37. The van der Waals surface area contributed by atoms with Gasteiger partial charge in [-0.15, -0.1) is 0 Å². The van der Waals surface area contributed by atoms with Gasteiger partial charge >= 0.3 is 0 Å². The highest BCUT2D eigenvalue weighted by Crippen LogP contribution is 2.34. The van der Waals surface area contributed by atoms with Crippen LogP contribution in [0, 0.1) is 0 Å². The van der Waals surface area contributed by atoms with E-state index in [4.69, 9.17) is 10.5 Å². The molecule has 0 aromatic heterocycles. The zero-order valence-corrected chi connectivity index (χ0v) is 10.1. The summed E-state index contributed by atoms with van der Waals surface area (Å²) in [6, 6.07) is 8.33. The molecule has 2 N–H and O–H groups in total. The Morgan fingerprint density at radius 2 is 2.19 bits per heavy atom. The minimum Gasteiger partial charge on any atom is -0.494 e. The molecule has 0 spiro atoms. The van der Waals surface area contributed by atoms with Crippen LogP contribution < -0.4 is 10.5 Å². The second kappa shape index (κ2) is 4.44. The molecule has 3 nitrogen and oxygen atoms in total. The van der Waals surface area contributed by atoms with Crippen molar-refractivity contribution in [1.82, 2.24) is 4.90 Å². The van der Waals surface area contributed by atoms with Crippen LogP contribution in [-0.2, 0) is 5.41 Å². The monoisotopic (exact) mass is 220 g/mol. The van der Waals surface area contributed by atoms with Crippen LogP contribution in [0.2, 0.25) is 0 Å². The lowest BCUT2D eigenvalue weighted by Crippen LogP contribution is -2.61. The molecule has 0 atom stereocenters. The first-order valence-electron chi connectivity index (χ1n) is 5.82. The number of nitrogens with two attached hydrogens (primary N) is 1. The van der Waals surface area contributed by atoms with Gasteiger partial charge in [0, 0.05) is 25.0 Å². The summed E-state index contributed by atoms with van der Waals surface area (Å²) >= 11 is 0. The summed E-state index contributed by atoms with van der Waals surface area (Å²) in [5.74, 6) is 0.947. The molecule has 1 aromatic rings. The molecule has 3 heteroatoms. The Balaban J connectivity index is 2.22. The molecule has 0 bridgehead atoms. The first-order chi connectivity index (χ1) is 7.70. The van der Waals surface area contributed by atoms with Crippen LogP contribution in [0.15, 0.2) is 24.3 Å². The van der Waals surface area contributed by atoms with E-state index in [0.717, 1.165) is 18.8 Å². The van der Waals surface area contributed by atoms with E-state index >= 15 is 0 Å². The number of likely N-dealkylation sites (tertiary alicyclic amines) is 1. The predicted octanol–water partition coefficient (Wildman–Crippen LogP) is 1.23. The Labute approximate surface area is 97.2 Å². The van der Waals surface area contributed by atoms with Crippen LogP contribution in [0.3, 0.4) is 0 Å². The van der Waals surface area contributed by atoms with Crippen LogP contribution in [0.25, 0.3) is 0 Å². The van der Waals surface area contributed by atoms with Crippen LogP contribution >= 0.6 is 0 Å². The number of hydrogen-bond donors (Lipinski definition) is 1. The standard InChI is InChI=1S/C13H20N2O/c1-3-16-12-6-4-5-11(7-12)13(8-14)9-15(2)10-13/h4-7H,3,8-10,14H2,1-2H3. The van der Waals surface area contributed by atoms with E-state index < -0.39 is 0 Å². The lowest BCUT2D eigenvalue weighted by molar-refractivity contribution is 0.0998. The SMILES string of the molecule is CCOc1cccc(C2(CN)CN(C)C2)c1. The molecular weight excluding hydrogens is 200 g/mol. The molecule has 1 aromatic carbocycles. The van der Waals surface area contributed by atoms with E-state index in [-0.39, 0.29) is 5.41 Å². The molecule has 1 aliphatic rings. The van der Waals surface area contributed by atoms with E-state index in [1.165, 1.54) is 5.56 Å². The second-order valence-electron chi connectivity index (χ2n) is 4.62. The summed E-state index contributed by atoms with van der Waals surface area (Å²) in [7, 11) is 2.13. The number of nitrogens with zero attached hydrogens (tertiary/aromatic N) is 1. The van der Waals surface area contributed by atoms with Gasteiger partial charge in [0.05, 0.1) is 6.61 Å². The Kier molecular flexibility index (Phi) is 3.17. The molecule has 0 unspecified atom stereocenters. The third-order valence-corrected chi connectivity index (χ3v) is 3.29. The molecule has 1 saturated heterocycles. The fourth-order valence-corrected chi connectivity index (χ4v) is 2.50. The van der Waals surface area contributed by atoms with Gasteiger partial charge in [-0.2, -0.15) is 0 Å². The van der Waals surface area contributed by atoms with E-state index in [0.29, 0.717) is 13.2 Å². The molecule has 0 saturated carbocycles. The van der Waals surface area contributed by atoms with Crippen LogP contribution in [-0.4, -0.2) is 38.2 Å². The van der Waals surface area contributed by atoms with Crippen molar-refractivity contribution in [2.24, 2.45) is 5.73 Å². The topological polar surface area (TPSA) is 38.5 Å². The minimum atomic E-state index is 0.141. The molecule has 1 aliphatic heterocycles. The average Bonchev–Trinajstić information content (AvgIpc) is 2.25. The zero-order valence-electron chi connectivity index (χ0n) is 10.1. The van der Waals surface area contributed by atoms with E-state index in [9.17, 15) is 0 Å². The third-order valence-electron chi connectivity index (χ3n) is 3.29. The highest BCUT2D eigenvalue weighted by Gasteiger charge is 2.41. The quantitative estimate of drug-likeness (QED) is 0.829. The van der Waals surface area contributed by atoms with Crippen molar-refractivity contribution in [3.05, 3.63) is 29.8 Å². The highest BCUT2D eigenvalue weighted by atomic mass is 16.5. The Morgan fingerprint density at radius 1 is 1.44 bits per heavy atom. The third kappa shape index (κ3) is 1.93. The summed E-state index contributed by atoms with van der Waals surface area (Å²) in [5, 5.41) is 0. The van der Waals surface area contributed by atoms with Crippen molar-refractivity contribution in [2.75, 3.05) is 33.3 Å². The molecular formula is C13H20N2O. The Bertz CT molecular complexity index is 359. The minimum absolute atomic E-state index is 0.141. The number of hydrogen-bond acceptors (Lipinski definition) is 3. The fraction of sp³-hybridized carbons (Fsp3) is 0.538. The highest BCUT2D eigenvalue weighted by molar-refractivity contribution is 5.37. The first kappa shape index (κ1) is 11.4. The Morgan fingerprint density at radius 3 is 2.75 bits per heavy atom. The van der Waals surface area contributed by atoms with Gasteiger partial charge in [-0.1, -0.05) is 12.1 Å². The molecule has 1 fully saturated rings. The average molecular weight is 220 g/mol. The lowest BCUT2D eigenvalue weighted by atomic mass is 9.74. The molecule has 2 rings (SSSR count). The number of benzene rings is 1. The summed E-state index contributed by atoms with van der Waals surface area (Å²) in [4.78, 5) is 2.29. The van der Waals surface area contributed by atoms with Crippen molar-refractivity contribution in [2.45, 2.75) is 12.3 Å². The smallest absolute Gasteiger partial charge is 0.119 e. The summed E-state index contributed by atoms with van der Waals surface area (Å²) in [6.07, 6.45) is 0. The molecule has 88 valence electrons. The molecule has 16 heavy (non-hydrogen) atoms. The van der Waals surface area contributed by atoms with E-state index in [1.54, 1.807) is 0 Å². The largest absolute Gasteiger partial charge is 0.494 e. The van der Waals surface area contributed by atoms with E-state index in [2.05, 4.69) is 30.1 Å². The maximum absolute atomic E-state index is 5.92. The normalized spacial score (nSPS) is 19.2. The van der Waals surface area contributed by atoms with Gasteiger partial charge < -0.3 is 15.4 Å². The maximum atomic E-state index is 5.92.